The minimum Gasteiger partial charge on any atom is -0.289 e. The summed E-state index contributed by atoms with van der Waals surface area (Å²) < 4.78 is 1.72. The molecule has 0 spiro atoms. The summed E-state index contributed by atoms with van der Waals surface area (Å²) in [4.78, 5) is 23.9. The fraction of sp³-hybridized carbons (Fsp3) is 0.176. The molecule has 106 valence electrons. The van der Waals surface area contributed by atoms with Crippen LogP contribution in [0.2, 0.25) is 0 Å². The standard InChI is InChI=1S/C17H13ClO2S/c1-9(2)10-4-6-14-13(7-10)16(19)12-5-3-11(17(18)20)8-15(12)21-14/h3-9H,1-2H3. The Labute approximate surface area is 131 Å². The number of hydrogen-bond acceptors (Lipinski definition) is 3. The van der Waals surface area contributed by atoms with Gasteiger partial charge in [-0.3, -0.25) is 9.59 Å². The summed E-state index contributed by atoms with van der Waals surface area (Å²) in [7, 11) is 0. The van der Waals surface area contributed by atoms with Crippen LogP contribution in [0.4, 0.5) is 0 Å². The Balaban J connectivity index is 2.37. The molecule has 0 N–H and O–H groups in total. The van der Waals surface area contributed by atoms with E-state index in [2.05, 4.69) is 13.8 Å². The average Bonchev–Trinajstić information content (AvgIpc) is 2.46. The van der Waals surface area contributed by atoms with Crippen molar-refractivity contribution in [2.75, 3.05) is 0 Å². The van der Waals surface area contributed by atoms with Crippen molar-refractivity contribution in [1.29, 1.82) is 0 Å². The van der Waals surface area contributed by atoms with E-state index in [9.17, 15) is 9.59 Å². The fourth-order valence-electron chi connectivity index (χ4n) is 2.35. The Morgan fingerprint density at radius 1 is 1.05 bits per heavy atom. The van der Waals surface area contributed by atoms with Crippen molar-refractivity contribution in [1.82, 2.24) is 0 Å². The summed E-state index contributed by atoms with van der Waals surface area (Å²) in [6.07, 6.45) is 0. The van der Waals surface area contributed by atoms with Gasteiger partial charge in [0.05, 0.1) is 0 Å². The van der Waals surface area contributed by atoms with Crippen molar-refractivity contribution in [3.8, 4) is 0 Å². The van der Waals surface area contributed by atoms with E-state index < -0.39 is 5.24 Å². The van der Waals surface area contributed by atoms with Gasteiger partial charge in [-0.1, -0.05) is 19.9 Å². The van der Waals surface area contributed by atoms with Gasteiger partial charge in [-0.2, -0.15) is 0 Å². The zero-order chi connectivity index (χ0) is 15.1. The maximum absolute atomic E-state index is 12.6. The third-order valence-electron chi connectivity index (χ3n) is 3.59. The van der Waals surface area contributed by atoms with Crippen molar-refractivity contribution in [3.05, 3.63) is 57.7 Å². The van der Waals surface area contributed by atoms with E-state index in [0.717, 1.165) is 20.3 Å². The van der Waals surface area contributed by atoms with Gasteiger partial charge in [-0.25, -0.2) is 0 Å². The highest BCUT2D eigenvalue weighted by Crippen LogP contribution is 2.28. The van der Waals surface area contributed by atoms with Gasteiger partial charge < -0.3 is 0 Å². The van der Waals surface area contributed by atoms with E-state index in [4.69, 9.17) is 11.6 Å². The van der Waals surface area contributed by atoms with Gasteiger partial charge >= 0.3 is 0 Å². The highest BCUT2D eigenvalue weighted by molar-refractivity contribution is 7.24. The monoisotopic (exact) mass is 316 g/mol. The normalized spacial score (nSPS) is 11.4. The first-order chi connectivity index (χ1) is 9.97. The first-order valence-corrected chi connectivity index (χ1v) is 7.87. The molecule has 4 heteroatoms. The van der Waals surface area contributed by atoms with Crippen LogP contribution in [-0.2, 0) is 0 Å². The first kappa shape index (κ1) is 14.2. The van der Waals surface area contributed by atoms with E-state index >= 15 is 0 Å². The van der Waals surface area contributed by atoms with E-state index in [1.165, 1.54) is 11.3 Å². The highest BCUT2D eigenvalue weighted by Gasteiger charge is 2.10. The molecule has 0 radical (unpaired) electrons. The van der Waals surface area contributed by atoms with Crippen LogP contribution < -0.4 is 5.43 Å². The van der Waals surface area contributed by atoms with E-state index in [-0.39, 0.29) is 5.43 Å². The Hall–Kier alpha value is -1.71. The summed E-state index contributed by atoms with van der Waals surface area (Å²) in [6.45, 7) is 4.21. The molecular weight excluding hydrogens is 304 g/mol. The highest BCUT2D eigenvalue weighted by atomic mass is 35.5. The summed E-state index contributed by atoms with van der Waals surface area (Å²) in [5.74, 6) is 0.380. The van der Waals surface area contributed by atoms with Gasteiger partial charge in [-0.15, -0.1) is 11.3 Å². The molecule has 0 bridgehead atoms. The molecular formula is C17H13ClO2S. The molecule has 0 atom stereocenters. The molecule has 0 unspecified atom stereocenters. The van der Waals surface area contributed by atoms with Crippen molar-refractivity contribution in [3.63, 3.8) is 0 Å². The first-order valence-electron chi connectivity index (χ1n) is 6.67. The molecule has 3 aromatic rings. The lowest BCUT2D eigenvalue weighted by Crippen LogP contribution is -2.02. The maximum atomic E-state index is 12.6. The second-order valence-electron chi connectivity index (χ2n) is 5.33. The van der Waals surface area contributed by atoms with Gasteiger partial charge in [0.15, 0.2) is 5.43 Å². The minimum absolute atomic E-state index is 0.00909. The summed E-state index contributed by atoms with van der Waals surface area (Å²) >= 11 is 7.01. The lowest BCUT2D eigenvalue weighted by molar-refractivity contribution is 0.108. The summed E-state index contributed by atoms with van der Waals surface area (Å²) in [5.41, 5.74) is 1.58. The van der Waals surface area contributed by atoms with Crippen LogP contribution in [0.5, 0.6) is 0 Å². The number of fused-ring (bicyclic) bond motifs is 2. The SMILES string of the molecule is CC(C)c1ccc2sc3cc(C(=O)Cl)ccc3c(=O)c2c1. The predicted molar refractivity (Wildman–Crippen MR) is 89.9 cm³/mol. The van der Waals surface area contributed by atoms with Crippen LogP contribution in [0.15, 0.2) is 41.2 Å². The van der Waals surface area contributed by atoms with Gasteiger partial charge in [0.2, 0.25) is 0 Å². The molecule has 0 aliphatic rings. The lowest BCUT2D eigenvalue weighted by Gasteiger charge is -2.07. The Morgan fingerprint density at radius 3 is 2.48 bits per heavy atom. The third kappa shape index (κ3) is 2.47. The molecule has 0 saturated carbocycles. The number of hydrogen-bond donors (Lipinski definition) is 0. The average molecular weight is 317 g/mol. The van der Waals surface area contributed by atoms with Gasteiger partial charge in [0.25, 0.3) is 5.24 Å². The van der Waals surface area contributed by atoms with Crippen LogP contribution >= 0.6 is 22.9 Å². The molecule has 3 rings (SSSR count). The molecule has 1 aromatic heterocycles. The quantitative estimate of drug-likeness (QED) is 0.497. The number of carbonyl (C=O) groups excluding carboxylic acids is 1. The smallest absolute Gasteiger partial charge is 0.252 e. The number of rotatable bonds is 2. The largest absolute Gasteiger partial charge is 0.289 e. The van der Waals surface area contributed by atoms with Gasteiger partial charge in [-0.05, 0) is 53.4 Å². The second-order valence-corrected chi connectivity index (χ2v) is 6.75. The number of carbonyl (C=O) groups is 1. The van der Waals surface area contributed by atoms with Crippen LogP contribution in [0.25, 0.3) is 20.2 Å². The zero-order valence-electron chi connectivity index (χ0n) is 11.6. The van der Waals surface area contributed by atoms with Crippen molar-refractivity contribution in [2.24, 2.45) is 0 Å². The summed E-state index contributed by atoms with van der Waals surface area (Å²) in [6, 6.07) is 11.0. The van der Waals surface area contributed by atoms with Crippen molar-refractivity contribution < 1.29 is 4.79 Å². The summed E-state index contributed by atoms with van der Waals surface area (Å²) in [5, 5.41) is 0.866. The fourth-order valence-corrected chi connectivity index (χ4v) is 3.56. The van der Waals surface area contributed by atoms with E-state index in [1.54, 1.807) is 18.2 Å². The molecule has 0 amide bonds. The van der Waals surface area contributed by atoms with Crippen molar-refractivity contribution >= 4 is 48.4 Å². The molecule has 2 aromatic carbocycles. The Kier molecular flexibility index (Phi) is 3.56. The Morgan fingerprint density at radius 2 is 1.81 bits per heavy atom. The molecule has 0 fully saturated rings. The van der Waals surface area contributed by atoms with Crippen LogP contribution in [0.1, 0.15) is 35.7 Å². The van der Waals surface area contributed by atoms with E-state index in [1.807, 2.05) is 18.2 Å². The Bertz CT molecular complexity index is 925. The van der Waals surface area contributed by atoms with Crippen LogP contribution in [-0.4, -0.2) is 5.24 Å². The zero-order valence-corrected chi connectivity index (χ0v) is 13.2. The van der Waals surface area contributed by atoms with Crippen LogP contribution in [0.3, 0.4) is 0 Å². The van der Waals surface area contributed by atoms with Crippen LogP contribution in [0, 0.1) is 0 Å². The van der Waals surface area contributed by atoms with Gasteiger partial charge in [0, 0.05) is 25.7 Å². The second kappa shape index (κ2) is 5.24. The third-order valence-corrected chi connectivity index (χ3v) is 4.94. The molecule has 1 heterocycles. The molecule has 0 aliphatic heterocycles. The lowest BCUT2D eigenvalue weighted by atomic mass is 10.0. The molecule has 2 nitrogen and oxygen atoms in total. The molecule has 0 aliphatic carbocycles. The minimum atomic E-state index is -0.508. The predicted octanol–water partition coefficient (Wildman–Crippen LogP) is 4.92. The number of halogens is 1. The van der Waals surface area contributed by atoms with Crippen molar-refractivity contribution in [2.45, 2.75) is 19.8 Å². The molecule has 0 saturated heterocycles. The number of benzene rings is 2. The van der Waals surface area contributed by atoms with Gasteiger partial charge in [0.1, 0.15) is 0 Å². The van der Waals surface area contributed by atoms with E-state index in [0.29, 0.717) is 16.9 Å². The molecule has 21 heavy (non-hydrogen) atoms. The topological polar surface area (TPSA) is 34.1 Å². The maximum Gasteiger partial charge on any atom is 0.252 e.